The van der Waals surface area contributed by atoms with E-state index >= 15 is 0 Å². The molecule has 406 valence electrons. The topological polar surface area (TPSA) is 95.9 Å². The predicted octanol–water partition coefficient (Wildman–Crippen LogP) is 19.2. The second kappa shape index (κ2) is 57.0. The van der Waals surface area contributed by atoms with Gasteiger partial charge in [-0.25, -0.2) is 0 Å². The summed E-state index contributed by atoms with van der Waals surface area (Å²) in [5, 5.41) is 23.9. The number of rotatable bonds is 56. The van der Waals surface area contributed by atoms with Crippen molar-refractivity contribution in [1.29, 1.82) is 0 Å². The number of hydrogen-bond acceptors (Lipinski definition) is 5. The molecule has 3 atom stereocenters. The molecule has 0 rings (SSSR count). The van der Waals surface area contributed by atoms with Crippen LogP contribution in [0, 0.1) is 0 Å². The summed E-state index contributed by atoms with van der Waals surface area (Å²) in [6.45, 7) is 6.49. The van der Waals surface area contributed by atoms with E-state index in [0.717, 1.165) is 70.6 Å². The van der Waals surface area contributed by atoms with Gasteiger partial charge in [0.15, 0.2) is 0 Å². The van der Waals surface area contributed by atoms with Gasteiger partial charge in [0.05, 0.1) is 25.2 Å². The minimum atomic E-state index is -0.797. The van der Waals surface area contributed by atoms with E-state index in [1.54, 1.807) is 0 Å². The van der Waals surface area contributed by atoms with Gasteiger partial charge in [0, 0.05) is 6.42 Å². The summed E-state index contributed by atoms with van der Waals surface area (Å²) in [6.07, 6.45) is 69.3. The fourth-order valence-corrected chi connectivity index (χ4v) is 9.56. The molecule has 0 aliphatic heterocycles. The molecule has 0 saturated carbocycles. The summed E-state index contributed by atoms with van der Waals surface area (Å²) in [4.78, 5) is 26.3. The van der Waals surface area contributed by atoms with Crippen LogP contribution in [0.2, 0.25) is 0 Å². The zero-order valence-electron chi connectivity index (χ0n) is 46.5. The predicted molar refractivity (Wildman–Crippen MR) is 301 cm³/mol. The molecule has 3 unspecified atom stereocenters. The van der Waals surface area contributed by atoms with Crippen LogP contribution in [0.5, 0.6) is 0 Å². The zero-order chi connectivity index (χ0) is 50.2. The van der Waals surface area contributed by atoms with Crippen LogP contribution in [0.4, 0.5) is 0 Å². The van der Waals surface area contributed by atoms with Crippen LogP contribution >= 0.6 is 0 Å². The van der Waals surface area contributed by atoms with Gasteiger partial charge in [-0.15, -0.1) is 0 Å². The van der Waals surface area contributed by atoms with Gasteiger partial charge in [0.25, 0.3) is 0 Å². The Morgan fingerprint density at radius 2 is 0.739 bits per heavy atom. The molecule has 69 heavy (non-hydrogen) atoms. The highest BCUT2D eigenvalue weighted by Gasteiger charge is 2.24. The Balaban J connectivity index is 4.53. The molecule has 0 aliphatic rings. The van der Waals surface area contributed by atoms with Crippen LogP contribution < -0.4 is 5.32 Å². The Hall–Kier alpha value is -1.92. The maximum Gasteiger partial charge on any atom is 0.306 e. The normalized spacial score (nSPS) is 13.3. The third kappa shape index (κ3) is 52.2. The van der Waals surface area contributed by atoms with E-state index in [1.807, 2.05) is 0 Å². The first-order valence-electron chi connectivity index (χ1n) is 30.7. The number of ether oxygens (including phenoxy) is 1. The maximum absolute atomic E-state index is 13.3. The number of hydrogen-bond donors (Lipinski definition) is 3. The smallest absolute Gasteiger partial charge is 0.306 e. The molecule has 0 heterocycles. The second-order valence-corrected chi connectivity index (χ2v) is 21.1. The Morgan fingerprint density at radius 1 is 0.420 bits per heavy atom. The minimum absolute atomic E-state index is 0.0564. The molecule has 0 spiro atoms. The van der Waals surface area contributed by atoms with Crippen LogP contribution in [0.15, 0.2) is 36.5 Å². The number of aliphatic hydroxyl groups is 2. The van der Waals surface area contributed by atoms with E-state index in [0.29, 0.717) is 19.3 Å². The number of allylic oxidation sites excluding steroid dienone is 6. The summed E-state index contributed by atoms with van der Waals surface area (Å²) in [7, 11) is 0. The fourth-order valence-electron chi connectivity index (χ4n) is 9.56. The first-order valence-corrected chi connectivity index (χ1v) is 30.7. The van der Waals surface area contributed by atoms with E-state index in [2.05, 4.69) is 62.5 Å². The van der Waals surface area contributed by atoms with Crippen molar-refractivity contribution in [1.82, 2.24) is 5.32 Å². The molecule has 6 heteroatoms. The highest BCUT2D eigenvalue weighted by atomic mass is 16.5. The minimum Gasteiger partial charge on any atom is -0.462 e. The van der Waals surface area contributed by atoms with Crippen molar-refractivity contribution < 1.29 is 24.5 Å². The van der Waals surface area contributed by atoms with E-state index in [9.17, 15) is 19.8 Å². The summed E-state index contributed by atoms with van der Waals surface area (Å²) in [6, 6.07) is -0.712. The number of aliphatic hydroxyl groups excluding tert-OH is 2. The highest BCUT2D eigenvalue weighted by molar-refractivity contribution is 5.77. The van der Waals surface area contributed by atoms with Crippen LogP contribution in [0.25, 0.3) is 0 Å². The molecule has 6 nitrogen and oxygen atoms in total. The standard InChI is InChI=1S/C63H119NO5/c1-4-7-10-13-16-19-22-25-28-30-32-35-38-41-44-47-50-53-56-63(68)69-59(54-51-48-45-42-39-36-33-27-24-21-18-15-12-9-6-3)57-62(67)64-60(58-65)61(66)55-52-49-46-43-40-37-34-31-29-26-23-20-17-14-11-8-5-2/h18,21,27,33,39,42,59-61,65-66H,4-17,19-20,22-26,28-32,34-38,40-41,43-58H2,1-3H3,(H,64,67)/b21-18-,33-27-,42-39-. The molecule has 0 bridgehead atoms. The van der Waals surface area contributed by atoms with Gasteiger partial charge < -0.3 is 20.3 Å². The average molecular weight is 971 g/mol. The van der Waals surface area contributed by atoms with E-state index < -0.39 is 18.2 Å². The van der Waals surface area contributed by atoms with Gasteiger partial charge in [-0.05, 0) is 64.2 Å². The molecule has 3 N–H and O–H groups in total. The zero-order valence-corrected chi connectivity index (χ0v) is 46.5. The SMILES string of the molecule is CCCCC/C=C\C/C=C\C/C=C\CCCCC(CC(=O)NC(CO)C(O)CCCCCCCCCCCCCCCCCCC)OC(=O)CCCCCCCCCCCCCCCCCCCC. The van der Waals surface area contributed by atoms with Gasteiger partial charge in [0.1, 0.15) is 6.10 Å². The number of unbranched alkanes of at least 4 members (excludes halogenated alkanes) is 38. The van der Waals surface area contributed by atoms with Crippen LogP contribution in [0.3, 0.4) is 0 Å². The lowest BCUT2D eigenvalue weighted by molar-refractivity contribution is -0.151. The van der Waals surface area contributed by atoms with Crippen LogP contribution in [-0.4, -0.2) is 46.9 Å². The molecule has 0 radical (unpaired) electrons. The Kier molecular flexibility index (Phi) is 55.4. The van der Waals surface area contributed by atoms with Gasteiger partial charge in [0.2, 0.25) is 5.91 Å². The Morgan fingerprint density at radius 3 is 1.13 bits per heavy atom. The van der Waals surface area contributed by atoms with Gasteiger partial charge >= 0.3 is 5.97 Å². The van der Waals surface area contributed by atoms with Gasteiger partial charge in [-0.1, -0.05) is 288 Å². The lowest BCUT2D eigenvalue weighted by Gasteiger charge is -2.24. The lowest BCUT2D eigenvalue weighted by Crippen LogP contribution is -2.46. The molecule has 0 saturated heterocycles. The second-order valence-electron chi connectivity index (χ2n) is 21.1. The monoisotopic (exact) mass is 970 g/mol. The highest BCUT2D eigenvalue weighted by Crippen LogP contribution is 2.19. The summed E-state index contributed by atoms with van der Waals surface area (Å²) in [5.41, 5.74) is 0. The van der Waals surface area contributed by atoms with Crippen molar-refractivity contribution in [3.63, 3.8) is 0 Å². The maximum atomic E-state index is 13.3. The first kappa shape index (κ1) is 67.1. The third-order valence-electron chi connectivity index (χ3n) is 14.2. The summed E-state index contributed by atoms with van der Waals surface area (Å²) >= 11 is 0. The molecular weight excluding hydrogens is 851 g/mol. The molecule has 0 fully saturated rings. The molecule has 0 aromatic rings. The van der Waals surface area contributed by atoms with Gasteiger partial charge in [-0.3, -0.25) is 9.59 Å². The van der Waals surface area contributed by atoms with Gasteiger partial charge in [-0.2, -0.15) is 0 Å². The third-order valence-corrected chi connectivity index (χ3v) is 14.2. The Bertz CT molecular complexity index is 1130. The van der Waals surface area contributed by atoms with Crippen molar-refractivity contribution in [3.8, 4) is 0 Å². The van der Waals surface area contributed by atoms with Crippen LogP contribution in [0.1, 0.15) is 329 Å². The Labute approximate surface area is 430 Å². The molecule has 0 aromatic heterocycles. The average Bonchev–Trinajstić information content (AvgIpc) is 3.34. The first-order chi connectivity index (χ1) is 34.0. The fraction of sp³-hybridized carbons (Fsp3) is 0.873. The van der Waals surface area contributed by atoms with Crippen molar-refractivity contribution in [3.05, 3.63) is 36.5 Å². The summed E-state index contributed by atoms with van der Waals surface area (Å²) < 4.78 is 5.96. The number of amides is 1. The van der Waals surface area contributed by atoms with E-state index in [-0.39, 0.29) is 24.9 Å². The van der Waals surface area contributed by atoms with E-state index in [4.69, 9.17) is 4.74 Å². The molecule has 1 amide bonds. The van der Waals surface area contributed by atoms with E-state index in [1.165, 1.54) is 212 Å². The molecule has 0 aliphatic carbocycles. The number of carbonyl (C=O) groups is 2. The van der Waals surface area contributed by atoms with Crippen molar-refractivity contribution in [2.24, 2.45) is 0 Å². The van der Waals surface area contributed by atoms with Crippen molar-refractivity contribution in [2.75, 3.05) is 6.61 Å². The quantitative estimate of drug-likeness (QED) is 0.0321. The van der Waals surface area contributed by atoms with Crippen molar-refractivity contribution >= 4 is 11.9 Å². The largest absolute Gasteiger partial charge is 0.462 e. The molecular formula is C63H119NO5. The number of carbonyl (C=O) groups excluding carboxylic acids is 2. The lowest BCUT2D eigenvalue weighted by atomic mass is 10.0. The summed E-state index contributed by atoms with van der Waals surface area (Å²) in [5.74, 6) is -0.492. The number of nitrogens with one attached hydrogen (secondary N) is 1. The molecule has 0 aromatic carbocycles. The van der Waals surface area contributed by atoms with Crippen LogP contribution in [-0.2, 0) is 14.3 Å². The number of esters is 1. The van der Waals surface area contributed by atoms with Crippen molar-refractivity contribution in [2.45, 2.75) is 347 Å².